The van der Waals surface area contributed by atoms with Crippen molar-refractivity contribution >= 4 is 6.29 Å². The molecular weight excluding hydrogens is 102 g/mol. The van der Waals surface area contributed by atoms with E-state index in [9.17, 15) is 4.79 Å². The third-order valence-electron chi connectivity index (χ3n) is 1.46. The first kappa shape index (κ1) is 5.76. The van der Waals surface area contributed by atoms with Crippen LogP contribution in [0.3, 0.4) is 0 Å². The smallest absolute Gasteiger partial charge is 0.203 e. The van der Waals surface area contributed by atoms with Crippen LogP contribution >= 0.6 is 0 Å². The largest absolute Gasteiger partial charge is 0.316 e. The van der Waals surface area contributed by atoms with Crippen LogP contribution in [0.1, 0.15) is 12.8 Å². The van der Waals surface area contributed by atoms with E-state index in [0.29, 0.717) is 0 Å². The second kappa shape index (κ2) is 2.82. The average molecular weight is 112 g/mol. The predicted molar refractivity (Wildman–Crippen MR) is 31.3 cm³/mol. The third-order valence-corrected chi connectivity index (χ3v) is 1.46. The van der Waals surface area contributed by atoms with Crippen molar-refractivity contribution in [2.45, 2.75) is 12.8 Å². The molecule has 1 N–H and O–H groups in total. The number of rotatable bonds is 1. The molecule has 0 aromatic carbocycles. The van der Waals surface area contributed by atoms with Crippen LogP contribution < -0.4 is 5.32 Å². The SMILES string of the molecule is O=[C]C1CCCNC1. The monoisotopic (exact) mass is 112 g/mol. The minimum Gasteiger partial charge on any atom is -0.316 e. The summed E-state index contributed by atoms with van der Waals surface area (Å²) < 4.78 is 0. The number of hydrogen-bond donors (Lipinski definition) is 1. The van der Waals surface area contributed by atoms with Crippen molar-refractivity contribution in [3.05, 3.63) is 0 Å². The maximum atomic E-state index is 9.99. The van der Waals surface area contributed by atoms with E-state index < -0.39 is 0 Å². The van der Waals surface area contributed by atoms with Crippen molar-refractivity contribution in [3.8, 4) is 0 Å². The van der Waals surface area contributed by atoms with Gasteiger partial charge in [-0.1, -0.05) is 0 Å². The molecule has 1 saturated heterocycles. The topological polar surface area (TPSA) is 29.1 Å². The summed E-state index contributed by atoms with van der Waals surface area (Å²) in [6, 6.07) is 0. The molecule has 0 aliphatic carbocycles. The highest BCUT2D eigenvalue weighted by Crippen LogP contribution is 2.05. The molecule has 1 atom stereocenters. The summed E-state index contributed by atoms with van der Waals surface area (Å²) in [5.41, 5.74) is 0. The summed E-state index contributed by atoms with van der Waals surface area (Å²) in [4.78, 5) is 9.99. The number of piperidine rings is 1. The summed E-state index contributed by atoms with van der Waals surface area (Å²) in [6.45, 7) is 1.90. The first-order valence-corrected chi connectivity index (χ1v) is 3.02. The van der Waals surface area contributed by atoms with Crippen molar-refractivity contribution in [3.63, 3.8) is 0 Å². The molecule has 2 heteroatoms. The van der Waals surface area contributed by atoms with E-state index in [1.54, 1.807) is 0 Å². The molecule has 0 aromatic rings. The molecule has 0 aromatic heterocycles. The van der Waals surface area contributed by atoms with E-state index in [1.807, 2.05) is 6.29 Å². The lowest BCUT2D eigenvalue weighted by atomic mass is 10.0. The molecule has 1 fully saturated rings. The second-order valence-corrected chi connectivity index (χ2v) is 2.16. The Morgan fingerprint density at radius 3 is 2.88 bits per heavy atom. The van der Waals surface area contributed by atoms with Crippen LogP contribution in [0.15, 0.2) is 0 Å². The van der Waals surface area contributed by atoms with Crippen molar-refractivity contribution in [1.82, 2.24) is 5.32 Å². The lowest BCUT2D eigenvalue weighted by Crippen LogP contribution is -2.30. The Morgan fingerprint density at radius 1 is 1.62 bits per heavy atom. The van der Waals surface area contributed by atoms with Crippen molar-refractivity contribution < 1.29 is 4.79 Å². The molecule has 45 valence electrons. The Balaban J connectivity index is 2.22. The highest BCUT2D eigenvalue weighted by Gasteiger charge is 2.10. The maximum Gasteiger partial charge on any atom is 0.203 e. The quantitative estimate of drug-likeness (QED) is 0.521. The van der Waals surface area contributed by atoms with Crippen molar-refractivity contribution in [2.75, 3.05) is 13.1 Å². The number of carbonyl (C=O) groups excluding carboxylic acids is 1. The van der Waals surface area contributed by atoms with Crippen molar-refractivity contribution in [2.24, 2.45) is 5.92 Å². The zero-order valence-corrected chi connectivity index (χ0v) is 4.81. The summed E-state index contributed by atoms with van der Waals surface area (Å²) in [5, 5.41) is 3.12. The van der Waals surface area contributed by atoms with Gasteiger partial charge in [-0.3, -0.25) is 4.79 Å². The summed E-state index contributed by atoms with van der Waals surface area (Å²) in [5.74, 6) is 0.170. The van der Waals surface area contributed by atoms with Gasteiger partial charge in [0.25, 0.3) is 0 Å². The number of nitrogens with one attached hydrogen (secondary N) is 1. The zero-order chi connectivity index (χ0) is 5.82. The van der Waals surface area contributed by atoms with Gasteiger partial charge in [-0.25, -0.2) is 0 Å². The summed E-state index contributed by atoms with van der Waals surface area (Å²) >= 11 is 0. The van der Waals surface area contributed by atoms with E-state index in [-0.39, 0.29) is 5.92 Å². The van der Waals surface area contributed by atoms with Gasteiger partial charge in [-0.2, -0.15) is 0 Å². The Bertz CT molecular complexity index is 76.6. The van der Waals surface area contributed by atoms with Crippen LogP contribution in [0, 0.1) is 5.92 Å². The van der Waals surface area contributed by atoms with Crippen LogP contribution in [-0.2, 0) is 4.79 Å². The molecule has 0 spiro atoms. The van der Waals surface area contributed by atoms with Gasteiger partial charge in [-0.05, 0) is 19.4 Å². The van der Waals surface area contributed by atoms with Crippen LogP contribution in [0.5, 0.6) is 0 Å². The highest BCUT2D eigenvalue weighted by molar-refractivity contribution is 5.54. The Hall–Kier alpha value is -0.370. The summed E-state index contributed by atoms with van der Waals surface area (Å²) in [7, 11) is 0. The standard InChI is InChI=1S/C6H10NO/c8-5-6-2-1-3-7-4-6/h6-7H,1-4H2. The average Bonchev–Trinajstić information content (AvgIpc) is 1.90. The highest BCUT2D eigenvalue weighted by atomic mass is 16.1. The molecule has 2 nitrogen and oxygen atoms in total. The van der Waals surface area contributed by atoms with Gasteiger partial charge in [0.15, 0.2) is 0 Å². The molecule has 1 radical (unpaired) electrons. The van der Waals surface area contributed by atoms with Gasteiger partial charge in [-0.15, -0.1) is 0 Å². The predicted octanol–water partition coefficient (Wildman–Crippen LogP) is 0.0957. The molecule has 1 aliphatic rings. The van der Waals surface area contributed by atoms with Gasteiger partial charge in [0, 0.05) is 12.5 Å². The fourth-order valence-electron chi connectivity index (χ4n) is 0.952. The molecule has 1 aliphatic heterocycles. The molecule has 1 heterocycles. The molecule has 0 saturated carbocycles. The van der Waals surface area contributed by atoms with Gasteiger partial charge in [0.05, 0.1) is 0 Å². The lowest BCUT2D eigenvalue weighted by Gasteiger charge is -2.15. The normalized spacial score (nSPS) is 29.8. The molecule has 1 unspecified atom stereocenters. The Kier molecular flexibility index (Phi) is 2.03. The van der Waals surface area contributed by atoms with Gasteiger partial charge >= 0.3 is 0 Å². The van der Waals surface area contributed by atoms with Crippen LogP contribution in [0.4, 0.5) is 0 Å². The van der Waals surface area contributed by atoms with Crippen molar-refractivity contribution in [1.29, 1.82) is 0 Å². The molecule has 1 rings (SSSR count). The van der Waals surface area contributed by atoms with Crippen LogP contribution in [0.2, 0.25) is 0 Å². The van der Waals surface area contributed by atoms with Gasteiger partial charge in [0.2, 0.25) is 6.29 Å². The Morgan fingerprint density at radius 2 is 2.50 bits per heavy atom. The molecular formula is C6H10NO. The molecule has 0 amide bonds. The third kappa shape index (κ3) is 1.30. The van der Waals surface area contributed by atoms with E-state index in [0.717, 1.165) is 25.9 Å². The van der Waals surface area contributed by atoms with E-state index >= 15 is 0 Å². The number of hydrogen-bond acceptors (Lipinski definition) is 2. The molecule has 0 bridgehead atoms. The maximum absolute atomic E-state index is 9.99. The zero-order valence-electron chi connectivity index (χ0n) is 4.81. The summed E-state index contributed by atoms with van der Waals surface area (Å²) in [6.07, 6.45) is 4.14. The van der Waals surface area contributed by atoms with Gasteiger partial charge < -0.3 is 5.32 Å². The van der Waals surface area contributed by atoms with E-state index in [4.69, 9.17) is 0 Å². The molecule has 8 heavy (non-hydrogen) atoms. The lowest BCUT2D eigenvalue weighted by molar-refractivity contribution is 0.430. The Labute approximate surface area is 49.3 Å². The first-order valence-electron chi connectivity index (χ1n) is 3.02. The van der Waals surface area contributed by atoms with E-state index in [2.05, 4.69) is 5.32 Å². The minimum absolute atomic E-state index is 0.170. The van der Waals surface area contributed by atoms with Gasteiger partial charge in [0.1, 0.15) is 0 Å². The minimum atomic E-state index is 0.170. The van der Waals surface area contributed by atoms with E-state index in [1.165, 1.54) is 0 Å². The van der Waals surface area contributed by atoms with Crippen LogP contribution in [0.25, 0.3) is 0 Å². The first-order chi connectivity index (χ1) is 3.93. The fourth-order valence-corrected chi connectivity index (χ4v) is 0.952. The fraction of sp³-hybridized carbons (Fsp3) is 0.833. The second-order valence-electron chi connectivity index (χ2n) is 2.16. The van der Waals surface area contributed by atoms with Crippen LogP contribution in [-0.4, -0.2) is 19.4 Å².